The maximum Gasteiger partial charge on any atom is 0.322 e. The van der Waals surface area contributed by atoms with Gasteiger partial charge in [-0.05, 0) is 32.0 Å². The fourth-order valence-electron chi connectivity index (χ4n) is 1.39. The number of rotatable bonds is 3. The van der Waals surface area contributed by atoms with Gasteiger partial charge < -0.3 is 10.2 Å². The van der Waals surface area contributed by atoms with Crippen LogP contribution in [0.2, 0.25) is 10.0 Å². The van der Waals surface area contributed by atoms with E-state index in [-0.39, 0.29) is 18.6 Å². The molecule has 2 amide bonds. The highest BCUT2D eigenvalue weighted by Crippen LogP contribution is 2.22. The van der Waals surface area contributed by atoms with Gasteiger partial charge in [-0.2, -0.15) is 5.26 Å². The quantitative estimate of drug-likeness (QED) is 0.860. The molecule has 0 aromatic heterocycles. The van der Waals surface area contributed by atoms with Crippen molar-refractivity contribution in [1.29, 1.82) is 5.26 Å². The fraction of sp³-hybridized carbons (Fsp3) is 0.333. The number of carbonyl (C=O) groups excluding carboxylic acids is 1. The first-order valence-corrected chi connectivity index (χ1v) is 6.10. The van der Waals surface area contributed by atoms with Crippen LogP contribution >= 0.6 is 23.2 Å². The van der Waals surface area contributed by atoms with Crippen LogP contribution in [-0.4, -0.2) is 23.5 Å². The van der Waals surface area contributed by atoms with E-state index in [1.165, 1.54) is 4.90 Å². The van der Waals surface area contributed by atoms with Gasteiger partial charge in [0, 0.05) is 21.8 Å². The SMILES string of the molecule is CC(C)N(CC#N)C(=O)Nc1cc(Cl)cc(Cl)c1. The molecular formula is C12H13Cl2N3O. The molecule has 4 nitrogen and oxygen atoms in total. The lowest BCUT2D eigenvalue weighted by atomic mass is 10.3. The molecule has 1 aromatic carbocycles. The minimum atomic E-state index is -0.357. The molecular weight excluding hydrogens is 273 g/mol. The normalized spacial score (nSPS) is 10.0. The Bertz CT molecular complexity index is 462. The molecule has 0 saturated carbocycles. The molecule has 0 unspecified atom stereocenters. The van der Waals surface area contributed by atoms with Crippen LogP contribution in [0.25, 0.3) is 0 Å². The third kappa shape index (κ3) is 4.10. The highest BCUT2D eigenvalue weighted by Gasteiger charge is 2.16. The van der Waals surface area contributed by atoms with Gasteiger partial charge in [-0.3, -0.25) is 0 Å². The third-order valence-electron chi connectivity index (χ3n) is 2.24. The summed E-state index contributed by atoms with van der Waals surface area (Å²) >= 11 is 11.7. The Morgan fingerprint density at radius 1 is 1.39 bits per heavy atom. The summed E-state index contributed by atoms with van der Waals surface area (Å²) < 4.78 is 0. The van der Waals surface area contributed by atoms with Gasteiger partial charge >= 0.3 is 6.03 Å². The van der Waals surface area contributed by atoms with Crippen molar-refractivity contribution in [2.24, 2.45) is 0 Å². The zero-order valence-electron chi connectivity index (χ0n) is 10.1. The third-order valence-corrected chi connectivity index (χ3v) is 2.68. The number of amides is 2. The second-order valence-electron chi connectivity index (χ2n) is 3.97. The summed E-state index contributed by atoms with van der Waals surface area (Å²) in [5.74, 6) is 0. The van der Waals surface area contributed by atoms with Crippen molar-refractivity contribution in [2.75, 3.05) is 11.9 Å². The predicted molar refractivity (Wildman–Crippen MR) is 72.9 cm³/mol. The first kappa shape index (κ1) is 14.6. The molecule has 96 valence electrons. The second-order valence-corrected chi connectivity index (χ2v) is 4.84. The highest BCUT2D eigenvalue weighted by molar-refractivity contribution is 6.35. The van der Waals surface area contributed by atoms with Crippen LogP contribution in [0.4, 0.5) is 10.5 Å². The number of nitriles is 1. The van der Waals surface area contributed by atoms with Crippen LogP contribution in [0.5, 0.6) is 0 Å². The van der Waals surface area contributed by atoms with E-state index in [1.54, 1.807) is 18.2 Å². The van der Waals surface area contributed by atoms with Gasteiger partial charge in [0.2, 0.25) is 0 Å². The van der Waals surface area contributed by atoms with Crippen LogP contribution in [0, 0.1) is 11.3 Å². The summed E-state index contributed by atoms with van der Waals surface area (Å²) in [6, 6.07) is 6.29. The van der Waals surface area contributed by atoms with E-state index in [2.05, 4.69) is 5.32 Å². The number of hydrogen-bond donors (Lipinski definition) is 1. The van der Waals surface area contributed by atoms with Crippen molar-refractivity contribution in [1.82, 2.24) is 4.90 Å². The van der Waals surface area contributed by atoms with Crippen LogP contribution in [0.3, 0.4) is 0 Å². The number of hydrogen-bond acceptors (Lipinski definition) is 2. The highest BCUT2D eigenvalue weighted by atomic mass is 35.5. The molecule has 0 aliphatic rings. The summed E-state index contributed by atoms with van der Waals surface area (Å²) in [6.45, 7) is 3.70. The van der Waals surface area contributed by atoms with E-state index in [9.17, 15) is 4.79 Å². The van der Waals surface area contributed by atoms with Gasteiger partial charge in [0.25, 0.3) is 0 Å². The first-order chi connectivity index (χ1) is 8.43. The smallest absolute Gasteiger partial charge is 0.309 e. The molecule has 1 aromatic rings. The standard InChI is InChI=1S/C12H13Cl2N3O/c1-8(2)17(4-3-15)12(18)16-11-6-9(13)5-10(14)7-11/h5-8H,4H2,1-2H3,(H,16,18). The fourth-order valence-corrected chi connectivity index (χ4v) is 1.91. The molecule has 0 bridgehead atoms. The van der Waals surface area contributed by atoms with Crippen LogP contribution in [0.1, 0.15) is 13.8 Å². The molecule has 0 saturated heterocycles. The molecule has 0 aliphatic carbocycles. The van der Waals surface area contributed by atoms with Crippen molar-refractivity contribution in [3.63, 3.8) is 0 Å². The lowest BCUT2D eigenvalue weighted by Crippen LogP contribution is -2.40. The maximum atomic E-state index is 11.9. The van der Waals surface area contributed by atoms with Crippen LogP contribution < -0.4 is 5.32 Å². The Balaban J connectivity index is 2.83. The van der Waals surface area contributed by atoms with Crippen molar-refractivity contribution in [3.8, 4) is 6.07 Å². The van der Waals surface area contributed by atoms with E-state index >= 15 is 0 Å². The number of nitrogens with zero attached hydrogens (tertiary/aromatic N) is 2. The zero-order valence-corrected chi connectivity index (χ0v) is 11.6. The molecule has 0 radical (unpaired) electrons. The van der Waals surface area contributed by atoms with Crippen molar-refractivity contribution in [2.45, 2.75) is 19.9 Å². The average Bonchev–Trinajstić information content (AvgIpc) is 2.23. The molecule has 0 heterocycles. The molecule has 0 atom stereocenters. The minimum Gasteiger partial charge on any atom is -0.309 e. The summed E-state index contributed by atoms with van der Waals surface area (Å²) in [7, 11) is 0. The largest absolute Gasteiger partial charge is 0.322 e. The second kappa shape index (κ2) is 6.48. The summed E-state index contributed by atoms with van der Waals surface area (Å²) in [6.07, 6.45) is 0. The number of nitrogens with one attached hydrogen (secondary N) is 1. The van der Waals surface area contributed by atoms with E-state index < -0.39 is 0 Å². The number of benzene rings is 1. The van der Waals surface area contributed by atoms with Crippen LogP contribution in [0.15, 0.2) is 18.2 Å². The average molecular weight is 286 g/mol. The van der Waals surface area contributed by atoms with Gasteiger partial charge in [-0.15, -0.1) is 0 Å². The van der Waals surface area contributed by atoms with E-state index in [0.29, 0.717) is 15.7 Å². The Morgan fingerprint density at radius 2 is 1.94 bits per heavy atom. The number of urea groups is 1. The van der Waals surface area contributed by atoms with E-state index in [0.717, 1.165) is 0 Å². The molecule has 0 fully saturated rings. The van der Waals surface area contributed by atoms with Crippen molar-refractivity contribution >= 4 is 34.9 Å². The van der Waals surface area contributed by atoms with Crippen molar-refractivity contribution in [3.05, 3.63) is 28.2 Å². The van der Waals surface area contributed by atoms with Crippen LogP contribution in [-0.2, 0) is 0 Å². The van der Waals surface area contributed by atoms with Gasteiger partial charge in [0.1, 0.15) is 6.54 Å². The van der Waals surface area contributed by atoms with Gasteiger partial charge in [0.15, 0.2) is 0 Å². The molecule has 0 spiro atoms. The monoisotopic (exact) mass is 285 g/mol. The number of anilines is 1. The Hall–Kier alpha value is -1.44. The first-order valence-electron chi connectivity index (χ1n) is 5.34. The Morgan fingerprint density at radius 3 is 2.39 bits per heavy atom. The van der Waals surface area contributed by atoms with E-state index in [1.807, 2.05) is 19.9 Å². The maximum absolute atomic E-state index is 11.9. The summed E-state index contributed by atoms with van der Waals surface area (Å²) in [4.78, 5) is 13.4. The molecule has 1 N–H and O–H groups in total. The lowest BCUT2D eigenvalue weighted by Gasteiger charge is -2.24. The zero-order chi connectivity index (χ0) is 13.7. The number of carbonyl (C=O) groups is 1. The van der Waals surface area contributed by atoms with E-state index in [4.69, 9.17) is 28.5 Å². The molecule has 18 heavy (non-hydrogen) atoms. The number of halogens is 2. The molecule has 0 aliphatic heterocycles. The lowest BCUT2D eigenvalue weighted by molar-refractivity contribution is 0.205. The van der Waals surface area contributed by atoms with Crippen molar-refractivity contribution < 1.29 is 4.79 Å². The predicted octanol–water partition coefficient (Wildman–Crippen LogP) is 3.76. The van der Waals surface area contributed by atoms with Gasteiger partial charge in [-0.1, -0.05) is 23.2 Å². The molecule has 6 heteroatoms. The topological polar surface area (TPSA) is 56.1 Å². The minimum absolute atomic E-state index is 0.0256. The summed E-state index contributed by atoms with van der Waals surface area (Å²) in [5, 5.41) is 12.2. The Kier molecular flexibility index (Phi) is 5.26. The molecule has 1 rings (SSSR count). The van der Waals surface area contributed by atoms with Gasteiger partial charge in [0.05, 0.1) is 6.07 Å². The Labute approximate surface area is 116 Å². The summed E-state index contributed by atoms with van der Waals surface area (Å²) in [5.41, 5.74) is 0.501. The van der Waals surface area contributed by atoms with Gasteiger partial charge in [-0.25, -0.2) is 4.79 Å².